The molecule has 0 aliphatic heterocycles. The van der Waals surface area contributed by atoms with Gasteiger partial charge in [0, 0.05) is 5.92 Å². The summed E-state index contributed by atoms with van der Waals surface area (Å²) < 4.78 is -1.23. The zero-order valence-electron chi connectivity index (χ0n) is 5.03. The molecule has 0 bridgehead atoms. The van der Waals surface area contributed by atoms with Crippen molar-refractivity contribution in [3.63, 3.8) is 0 Å². The summed E-state index contributed by atoms with van der Waals surface area (Å²) in [4.78, 5) is 0. The van der Waals surface area contributed by atoms with Gasteiger partial charge in [0.2, 0.25) is 0 Å². The van der Waals surface area contributed by atoms with E-state index in [0.29, 0.717) is 0 Å². The van der Waals surface area contributed by atoms with Crippen LogP contribution in [-0.4, -0.2) is 9.17 Å². The lowest BCUT2D eigenvalue weighted by Gasteiger charge is -2.21. The molecule has 0 aromatic heterocycles. The van der Waals surface area contributed by atoms with Crippen molar-refractivity contribution in [2.24, 2.45) is 5.92 Å². The van der Waals surface area contributed by atoms with Gasteiger partial charge in [0.1, 0.15) is 0 Å². The predicted molar refractivity (Wildman–Crippen MR) is 47.2 cm³/mol. The third-order valence-electron chi connectivity index (χ3n) is 1.51. The molecule has 10 heavy (non-hydrogen) atoms. The summed E-state index contributed by atoms with van der Waals surface area (Å²) in [7, 11) is 0. The summed E-state index contributed by atoms with van der Waals surface area (Å²) in [5.41, 5.74) is 0. The van der Waals surface area contributed by atoms with Gasteiger partial charge in [-0.25, -0.2) is 0 Å². The number of rotatable bonds is 0. The van der Waals surface area contributed by atoms with Crippen molar-refractivity contribution in [2.45, 2.75) is 15.6 Å². The Kier molecular flexibility index (Phi) is 2.79. The standard InChI is InChI=1S/C6H6Cl4/c7-5-3-1-2-4(5)6(8,9)10/h1,3-5H,2H2. The molecule has 2 atom stereocenters. The van der Waals surface area contributed by atoms with Crippen molar-refractivity contribution in [2.75, 3.05) is 0 Å². The monoisotopic (exact) mass is 218 g/mol. The Morgan fingerprint density at radius 1 is 1.30 bits per heavy atom. The molecule has 0 aromatic rings. The van der Waals surface area contributed by atoms with Crippen molar-refractivity contribution in [1.82, 2.24) is 0 Å². The predicted octanol–water partition coefficient (Wildman–Crippen LogP) is 3.54. The normalized spacial score (nSPS) is 33.2. The van der Waals surface area contributed by atoms with Crippen molar-refractivity contribution in [1.29, 1.82) is 0 Å². The molecular formula is C6H6Cl4. The molecule has 1 aliphatic rings. The van der Waals surface area contributed by atoms with Gasteiger partial charge < -0.3 is 0 Å². The van der Waals surface area contributed by atoms with Crippen molar-refractivity contribution in [3.8, 4) is 0 Å². The summed E-state index contributed by atoms with van der Waals surface area (Å²) in [5, 5.41) is -0.132. The van der Waals surface area contributed by atoms with Crippen LogP contribution < -0.4 is 0 Å². The van der Waals surface area contributed by atoms with Crippen LogP contribution >= 0.6 is 46.4 Å². The first-order valence-electron chi connectivity index (χ1n) is 2.89. The number of halogens is 4. The summed E-state index contributed by atoms with van der Waals surface area (Å²) in [6.45, 7) is 0. The number of hydrogen-bond donors (Lipinski definition) is 0. The van der Waals surface area contributed by atoms with Crippen LogP contribution in [0.25, 0.3) is 0 Å². The summed E-state index contributed by atoms with van der Waals surface area (Å²) >= 11 is 22.7. The maximum Gasteiger partial charge on any atom is 0.195 e. The molecule has 0 radical (unpaired) electrons. The lowest BCUT2D eigenvalue weighted by atomic mass is 10.1. The van der Waals surface area contributed by atoms with E-state index in [1.54, 1.807) is 0 Å². The summed E-state index contributed by atoms with van der Waals surface area (Å²) in [6, 6.07) is 0. The van der Waals surface area contributed by atoms with E-state index in [0.717, 1.165) is 6.42 Å². The van der Waals surface area contributed by atoms with Crippen LogP contribution in [0.1, 0.15) is 6.42 Å². The maximum absolute atomic E-state index is 5.82. The topological polar surface area (TPSA) is 0 Å². The smallest absolute Gasteiger partial charge is 0.118 e. The van der Waals surface area contributed by atoms with E-state index in [2.05, 4.69) is 0 Å². The highest BCUT2D eigenvalue weighted by atomic mass is 35.6. The molecule has 1 aliphatic carbocycles. The Balaban J connectivity index is 2.60. The van der Waals surface area contributed by atoms with Gasteiger partial charge in [0.25, 0.3) is 0 Å². The van der Waals surface area contributed by atoms with E-state index in [4.69, 9.17) is 46.4 Å². The van der Waals surface area contributed by atoms with Gasteiger partial charge in [-0.15, -0.1) is 11.6 Å². The first-order chi connectivity index (χ1) is 4.52. The minimum atomic E-state index is -1.23. The highest BCUT2D eigenvalue weighted by molar-refractivity contribution is 6.68. The van der Waals surface area contributed by atoms with Gasteiger partial charge in [0.15, 0.2) is 3.79 Å². The Bertz CT molecular complexity index is 146. The molecule has 0 nitrogen and oxygen atoms in total. The van der Waals surface area contributed by atoms with Crippen LogP contribution in [0.15, 0.2) is 12.2 Å². The Morgan fingerprint density at radius 2 is 1.90 bits per heavy atom. The van der Waals surface area contributed by atoms with E-state index in [1.807, 2.05) is 12.2 Å². The van der Waals surface area contributed by atoms with Crippen molar-refractivity contribution >= 4 is 46.4 Å². The van der Waals surface area contributed by atoms with Crippen LogP contribution in [0.4, 0.5) is 0 Å². The Morgan fingerprint density at radius 3 is 2.10 bits per heavy atom. The quantitative estimate of drug-likeness (QED) is 0.432. The van der Waals surface area contributed by atoms with Crippen molar-refractivity contribution in [3.05, 3.63) is 12.2 Å². The Labute approximate surface area is 80.1 Å². The molecule has 0 spiro atoms. The fraction of sp³-hybridized carbons (Fsp3) is 0.667. The van der Waals surface area contributed by atoms with Gasteiger partial charge in [-0.3, -0.25) is 0 Å². The number of allylic oxidation sites excluding steroid dienone is 2. The average Bonchev–Trinajstić information content (AvgIpc) is 2.11. The van der Waals surface area contributed by atoms with Crippen LogP contribution in [0.5, 0.6) is 0 Å². The third kappa shape index (κ3) is 1.94. The molecule has 0 saturated heterocycles. The second-order valence-corrected chi connectivity index (χ2v) is 5.13. The first-order valence-corrected chi connectivity index (χ1v) is 4.46. The van der Waals surface area contributed by atoms with Crippen molar-refractivity contribution < 1.29 is 0 Å². The number of alkyl halides is 4. The van der Waals surface area contributed by atoms with Crippen LogP contribution in [0.3, 0.4) is 0 Å². The van der Waals surface area contributed by atoms with E-state index in [-0.39, 0.29) is 11.3 Å². The lowest BCUT2D eigenvalue weighted by molar-refractivity contribution is 0.591. The van der Waals surface area contributed by atoms with E-state index < -0.39 is 3.79 Å². The highest BCUT2D eigenvalue weighted by Gasteiger charge is 2.38. The SMILES string of the molecule is ClC1C=CCC1C(Cl)(Cl)Cl. The van der Waals surface area contributed by atoms with Gasteiger partial charge in [-0.2, -0.15) is 0 Å². The zero-order valence-corrected chi connectivity index (χ0v) is 8.05. The molecule has 2 unspecified atom stereocenters. The third-order valence-corrected chi connectivity index (χ3v) is 2.81. The van der Waals surface area contributed by atoms with Gasteiger partial charge in [-0.05, 0) is 6.42 Å². The minimum absolute atomic E-state index is 0.0702. The van der Waals surface area contributed by atoms with Crippen LogP contribution in [-0.2, 0) is 0 Å². The van der Waals surface area contributed by atoms with E-state index >= 15 is 0 Å². The lowest BCUT2D eigenvalue weighted by Crippen LogP contribution is -2.23. The van der Waals surface area contributed by atoms with E-state index in [9.17, 15) is 0 Å². The highest BCUT2D eigenvalue weighted by Crippen LogP contribution is 2.43. The molecular weight excluding hydrogens is 214 g/mol. The fourth-order valence-corrected chi connectivity index (χ4v) is 2.20. The zero-order chi connectivity index (χ0) is 7.78. The maximum atomic E-state index is 5.82. The van der Waals surface area contributed by atoms with Gasteiger partial charge in [0.05, 0.1) is 5.38 Å². The minimum Gasteiger partial charge on any atom is -0.118 e. The Hall–Kier alpha value is 0.900. The largest absolute Gasteiger partial charge is 0.195 e. The molecule has 4 heteroatoms. The van der Waals surface area contributed by atoms with E-state index in [1.165, 1.54) is 0 Å². The van der Waals surface area contributed by atoms with Crippen LogP contribution in [0.2, 0.25) is 0 Å². The van der Waals surface area contributed by atoms with Crippen LogP contribution in [0, 0.1) is 5.92 Å². The fourth-order valence-electron chi connectivity index (χ4n) is 0.933. The molecule has 58 valence electrons. The molecule has 0 amide bonds. The molecule has 1 rings (SSSR count). The molecule has 0 heterocycles. The van der Waals surface area contributed by atoms with Gasteiger partial charge >= 0.3 is 0 Å². The number of hydrogen-bond acceptors (Lipinski definition) is 0. The second-order valence-electron chi connectivity index (χ2n) is 2.26. The molecule has 0 fully saturated rings. The molecule has 0 N–H and O–H groups in total. The average molecular weight is 220 g/mol. The van der Waals surface area contributed by atoms with Gasteiger partial charge in [-0.1, -0.05) is 47.0 Å². The molecule has 0 aromatic carbocycles. The summed E-state index contributed by atoms with van der Waals surface area (Å²) in [5.74, 6) is -0.0702. The summed E-state index contributed by atoms with van der Waals surface area (Å²) in [6.07, 6.45) is 4.54. The molecule has 0 saturated carbocycles. The first kappa shape index (κ1) is 8.99. The second kappa shape index (κ2) is 3.10.